The van der Waals surface area contributed by atoms with Crippen LogP contribution in [0.2, 0.25) is 5.02 Å². The average Bonchev–Trinajstić information content (AvgIpc) is 2.65. The number of carbonyl (C=O) groups excluding carboxylic acids is 2. The molecule has 0 atom stereocenters. The smallest absolute Gasteiger partial charge is 0.239 e. The van der Waals surface area contributed by atoms with E-state index in [0.717, 1.165) is 24.2 Å². The van der Waals surface area contributed by atoms with Gasteiger partial charge in [-0.15, -0.1) is 0 Å². The maximum absolute atomic E-state index is 11.8. The van der Waals surface area contributed by atoms with Gasteiger partial charge in [-0.1, -0.05) is 41.9 Å². The highest BCUT2D eigenvalue weighted by molar-refractivity contribution is 6.30. The second-order valence-electron chi connectivity index (χ2n) is 5.80. The zero-order chi connectivity index (χ0) is 18.6. The van der Waals surface area contributed by atoms with Crippen LogP contribution in [0.15, 0.2) is 54.6 Å². The Kier molecular flexibility index (Phi) is 8.49. The summed E-state index contributed by atoms with van der Waals surface area (Å²) in [6, 6.07) is 16.6. The Bertz CT molecular complexity index is 690. The van der Waals surface area contributed by atoms with E-state index in [0.29, 0.717) is 18.2 Å². The third-order valence-corrected chi connectivity index (χ3v) is 3.88. The van der Waals surface area contributed by atoms with Crippen molar-refractivity contribution in [2.45, 2.75) is 19.3 Å². The van der Waals surface area contributed by atoms with Crippen molar-refractivity contribution in [3.05, 3.63) is 65.2 Å². The molecule has 0 aliphatic heterocycles. The number of hydrogen-bond donors (Lipinski definition) is 2. The molecule has 26 heavy (non-hydrogen) atoms. The van der Waals surface area contributed by atoms with E-state index in [2.05, 4.69) is 10.6 Å². The van der Waals surface area contributed by atoms with Crippen LogP contribution in [0.3, 0.4) is 0 Å². The largest absolute Gasteiger partial charge is 0.494 e. The molecular weight excluding hydrogens is 352 g/mol. The molecule has 5 nitrogen and oxygen atoms in total. The number of amides is 2. The van der Waals surface area contributed by atoms with Crippen molar-refractivity contribution in [3.63, 3.8) is 0 Å². The van der Waals surface area contributed by atoms with Crippen LogP contribution in [0.25, 0.3) is 0 Å². The molecule has 0 saturated carbocycles. The lowest BCUT2D eigenvalue weighted by Crippen LogP contribution is -2.37. The Morgan fingerprint density at radius 3 is 2.35 bits per heavy atom. The van der Waals surface area contributed by atoms with Gasteiger partial charge in [-0.25, -0.2) is 0 Å². The zero-order valence-electron chi connectivity index (χ0n) is 14.5. The highest BCUT2D eigenvalue weighted by atomic mass is 35.5. The summed E-state index contributed by atoms with van der Waals surface area (Å²) in [6.45, 7) is 1.12. The summed E-state index contributed by atoms with van der Waals surface area (Å²) in [5.41, 5.74) is 0.922. The fraction of sp³-hybridized carbons (Fsp3) is 0.300. The zero-order valence-corrected chi connectivity index (χ0v) is 15.3. The standard InChI is InChI=1S/C20H23ClN2O3/c21-17-8-10-18(11-9-17)26-13-5-4-12-22-20(25)15-23-19(24)14-16-6-2-1-3-7-16/h1-3,6-11H,4-5,12-15H2,(H,22,25)(H,23,24). The number of nitrogens with one attached hydrogen (secondary N) is 2. The molecule has 138 valence electrons. The van der Waals surface area contributed by atoms with E-state index in [1.807, 2.05) is 42.5 Å². The van der Waals surface area contributed by atoms with Gasteiger partial charge in [0.2, 0.25) is 11.8 Å². The summed E-state index contributed by atoms with van der Waals surface area (Å²) < 4.78 is 5.58. The van der Waals surface area contributed by atoms with Crippen LogP contribution in [-0.2, 0) is 16.0 Å². The van der Waals surface area contributed by atoms with Crippen LogP contribution in [0.4, 0.5) is 0 Å². The first kappa shape index (κ1) is 19.8. The molecule has 0 fully saturated rings. The predicted molar refractivity (Wildman–Crippen MR) is 102 cm³/mol. The van der Waals surface area contributed by atoms with Crippen molar-refractivity contribution >= 4 is 23.4 Å². The first-order chi connectivity index (χ1) is 12.6. The lowest BCUT2D eigenvalue weighted by molar-refractivity contribution is -0.125. The molecule has 0 radical (unpaired) electrons. The minimum atomic E-state index is -0.190. The van der Waals surface area contributed by atoms with Crippen LogP contribution in [0, 0.1) is 0 Å². The van der Waals surface area contributed by atoms with Gasteiger partial charge in [-0.05, 0) is 42.7 Å². The van der Waals surface area contributed by atoms with E-state index in [-0.39, 0.29) is 24.8 Å². The molecule has 6 heteroatoms. The number of halogens is 1. The highest BCUT2D eigenvalue weighted by Gasteiger charge is 2.06. The molecule has 0 aliphatic rings. The van der Waals surface area contributed by atoms with E-state index in [9.17, 15) is 9.59 Å². The van der Waals surface area contributed by atoms with Gasteiger partial charge in [0.25, 0.3) is 0 Å². The molecule has 2 aromatic carbocycles. The molecule has 0 saturated heterocycles. The number of ether oxygens (including phenoxy) is 1. The van der Waals surface area contributed by atoms with Crippen LogP contribution in [0.5, 0.6) is 5.75 Å². The van der Waals surface area contributed by atoms with Crippen LogP contribution < -0.4 is 15.4 Å². The van der Waals surface area contributed by atoms with E-state index in [4.69, 9.17) is 16.3 Å². The van der Waals surface area contributed by atoms with Gasteiger partial charge in [0, 0.05) is 11.6 Å². The van der Waals surface area contributed by atoms with E-state index in [1.165, 1.54) is 0 Å². The van der Waals surface area contributed by atoms with Gasteiger partial charge in [0.1, 0.15) is 5.75 Å². The Balaban J connectivity index is 1.49. The Labute approximate surface area is 158 Å². The molecule has 2 aromatic rings. The van der Waals surface area contributed by atoms with Crippen molar-refractivity contribution in [2.24, 2.45) is 0 Å². The van der Waals surface area contributed by atoms with E-state index in [1.54, 1.807) is 12.1 Å². The molecule has 0 unspecified atom stereocenters. The van der Waals surface area contributed by atoms with Gasteiger partial charge >= 0.3 is 0 Å². The third kappa shape index (κ3) is 8.03. The maximum atomic E-state index is 11.8. The van der Waals surface area contributed by atoms with Gasteiger partial charge in [0.05, 0.1) is 19.6 Å². The summed E-state index contributed by atoms with van der Waals surface area (Å²) in [7, 11) is 0. The molecule has 2 rings (SSSR count). The van der Waals surface area contributed by atoms with Crippen molar-refractivity contribution in [2.75, 3.05) is 19.7 Å². The predicted octanol–water partition coefficient (Wildman–Crippen LogP) is 2.97. The lowest BCUT2D eigenvalue weighted by atomic mass is 10.1. The topological polar surface area (TPSA) is 67.4 Å². The number of carbonyl (C=O) groups is 2. The summed E-state index contributed by atoms with van der Waals surface area (Å²) in [6.07, 6.45) is 1.90. The molecule has 2 N–H and O–H groups in total. The maximum Gasteiger partial charge on any atom is 0.239 e. The van der Waals surface area contributed by atoms with Crippen molar-refractivity contribution < 1.29 is 14.3 Å². The first-order valence-corrected chi connectivity index (χ1v) is 8.97. The molecule has 0 heterocycles. The molecule has 0 spiro atoms. The Morgan fingerprint density at radius 2 is 1.62 bits per heavy atom. The summed E-state index contributed by atoms with van der Waals surface area (Å²) in [5.74, 6) is 0.423. The number of benzene rings is 2. The van der Waals surface area contributed by atoms with Gasteiger partial charge < -0.3 is 15.4 Å². The van der Waals surface area contributed by atoms with Crippen LogP contribution in [-0.4, -0.2) is 31.5 Å². The van der Waals surface area contributed by atoms with Gasteiger partial charge in [0.15, 0.2) is 0 Å². The molecule has 0 aromatic heterocycles. The molecule has 2 amide bonds. The lowest BCUT2D eigenvalue weighted by Gasteiger charge is -2.08. The fourth-order valence-electron chi connectivity index (χ4n) is 2.26. The minimum absolute atomic E-state index is 0.00700. The molecular formula is C20H23ClN2O3. The Hall–Kier alpha value is -2.53. The van der Waals surface area contributed by atoms with Gasteiger partial charge in [-0.2, -0.15) is 0 Å². The second-order valence-corrected chi connectivity index (χ2v) is 6.23. The number of hydrogen-bond acceptors (Lipinski definition) is 3. The summed E-state index contributed by atoms with van der Waals surface area (Å²) >= 11 is 5.81. The first-order valence-electron chi connectivity index (χ1n) is 8.59. The highest BCUT2D eigenvalue weighted by Crippen LogP contribution is 2.15. The van der Waals surface area contributed by atoms with E-state index >= 15 is 0 Å². The summed E-state index contributed by atoms with van der Waals surface area (Å²) in [5, 5.41) is 6.08. The van der Waals surface area contributed by atoms with Gasteiger partial charge in [-0.3, -0.25) is 9.59 Å². The SMILES string of the molecule is O=C(CNC(=O)Cc1ccccc1)NCCCCOc1ccc(Cl)cc1. The molecule has 0 aliphatic carbocycles. The van der Waals surface area contributed by atoms with Crippen LogP contribution >= 0.6 is 11.6 Å². The number of unbranched alkanes of at least 4 members (excludes halogenated alkanes) is 1. The van der Waals surface area contributed by atoms with Crippen molar-refractivity contribution in [1.29, 1.82) is 0 Å². The quantitative estimate of drug-likeness (QED) is 0.628. The summed E-state index contributed by atoms with van der Waals surface area (Å²) in [4.78, 5) is 23.5. The van der Waals surface area contributed by atoms with E-state index < -0.39 is 0 Å². The van der Waals surface area contributed by atoms with Crippen LogP contribution in [0.1, 0.15) is 18.4 Å². The number of rotatable bonds is 10. The monoisotopic (exact) mass is 374 g/mol. The van der Waals surface area contributed by atoms with Crippen molar-refractivity contribution in [1.82, 2.24) is 10.6 Å². The molecule has 0 bridgehead atoms. The minimum Gasteiger partial charge on any atom is -0.494 e. The fourth-order valence-corrected chi connectivity index (χ4v) is 2.39. The van der Waals surface area contributed by atoms with Crippen molar-refractivity contribution in [3.8, 4) is 5.75 Å². The Morgan fingerprint density at radius 1 is 0.885 bits per heavy atom. The average molecular weight is 375 g/mol. The second kappa shape index (κ2) is 11.2. The normalized spacial score (nSPS) is 10.2. The third-order valence-electron chi connectivity index (χ3n) is 3.63.